The number of likely N-dealkylation sites (N-methyl/N-ethyl adjacent to an activating group) is 1. The average Bonchev–Trinajstić information content (AvgIpc) is 2.39. The van der Waals surface area contributed by atoms with Gasteiger partial charge in [0.05, 0.1) is 6.54 Å². The van der Waals surface area contributed by atoms with Gasteiger partial charge in [-0.25, -0.2) is 0 Å². The first-order valence-corrected chi connectivity index (χ1v) is 6.52. The Bertz CT molecular complexity index is 411. The Morgan fingerprint density at radius 2 is 1.89 bits per heavy atom. The third kappa shape index (κ3) is 3.31. The molecular weight excluding hydrogens is 226 g/mol. The molecule has 18 heavy (non-hydrogen) atoms. The predicted molar refractivity (Wildman–Crippen MR) is 73.7 cm³/mol. The lowest BCUT2D eigenvalue weighted by Crippen LogP contribution is -2.47. The van der Waals surface area contributed by atoms with Crippen LogP contribution >= 0.6 is 0 Å². The fourth-order valence-corrected chi connectivity index (χ4v) is 2.27. The molecule has 1 fully saturated rings. The number of anilines is 1. The molecule has 1 heterocycles. The number of ketones is 1. The van der Waals surface area contributed by atoms with E-state index in [2.05, 4.69) is 16.7 Å². The Balaban J connectivity index is 1.89. The van der Waals surface area contributed by atoms with Crippen molar-refractivity contribution >= 4 is 11.5 Å². The molecule has 0 amide bonds. The number of carbonyl (C=O) groups is 1. The van der Waals surface area contributed by atoms with Crippen molar-refractivity contribution in [1.82, 2.24) is 9.80 Å². The van der Waals surface area contributed by atoms with Gasteiger partial charge in [-0.2, -0.15) is 0 Å². The van der Waals surface area contributed by atoms with Crippen LogP contribution < -0.4 is 5.73 Å². The second-order valence-corrected chi connectivity index (χ2v) is 4.76. The normalized spacial score (nSPS) is 17.8. The molecule has 0 atom stereocenters. The average molecular weight is 247 g/mol. The standard InChI is InChI=1S/C14H21N3O/c1-2-16-6-8-17(9-7-16)11-14(18)12-4-3-5-13(15)10-12/h3-5,10H,2,6-9,11,15H2,1H3. The summed E-state index contributed by atoms with van der Waals surface area (Å²) >= 11 is 0. The Morgan fingerprint density at radius 3 is 2.50 bits per heavy atom. The summed E-state index contributed by atoms with van der Waals surface area (Å²) in [5, 5.41) is 0. The molecule has 0 saturated carbocycles. The molecule has 0 bridgehead atoms. The predicted octanol–water partition coefficient (Wildman–Crippen LogP) is 1.09. The van der Waals surface area contributed by atoms with E-state index in [0.717, 1.165) is 32.7 Å². The van der Waals surface area contributed by atoms with Crippen molar-refractivity contribution < 1.29 is 4.79 Å². The van der Waals surface area contributed by atoms with E-state index in [1.807, 2.05) is 12.1 Å². The number of benzene rings is 1. The van der Waals surface area contributed by atoms with Gasteiger partial charge in [0, 0.05) is 37.4 Å². The van der Waals surface area contributed by atoms with Gasteiger partial charge in [0.15, 0.2) is 5.78 Å². The smallest absolute Gasteiger partial charge is 0.176 e. The first-order chi connectivity index (χ1) is 8.69. The molecule has 0 aliphatic carbocycles. The molecule has 1 aliphatic heterocycles. The van der Waals surface area contributed by atoms with Gasteiger partial charge in [-0.3, -0.25) is 9.69 Å². The molecule has 0 aromatic heterocycles. The maximum absolute atomic E-state index is 12.1. The summed E-state index contributed by atoms with van der Waals surface area (Å²) in [7, 11) is 0. The highest BCUT2D eigenvalue weighted by molar-refractivity contribution is 5.98. The molecule has 4 heteroatoms. The van der Waals surface area contributed by atoms with Crippen molar-refractivity contribution in [3.63, 3.8) is 0 Å². The van der Waals surface area contributed by atoms with Gasteiger partial charge in [-0.1, -0.05) is 19.1 Å². The lowest BCUT2D eigenvalue weighted by atomic mass is 10.1. The number of Topliss-reactive ketones (excluding diaryl/α,β-unsaturated/α-hetero) is 1. The van der Waals surface area contributed by atoms with Gasteiger partial charge in [0.25, 0.3) is 0 Å². The Morgan fingerprint density at radius 1 is 1.22 bits per heavy atom. The van der Waals surface area contributed by atoms with Crippen molar-refractivity contribution in [3.8, 4) is 0 Å². The molecule has 1 aliphatic rings. The van der Waals surface area contributed by atoms with Crippen LogP contribution in [0.4, 0.5) is 5.69 Å². The van der Waals surface area contributed by atoms with E-state index in [9.17, 15) is 4.79 Å². The zero-order valence-electron chi connectivity index (χ0n) is 10.9. The fraction of sp³-hybridized carbons (Fsp3) is 0.500. The van der Waals surface area contributed by atoms with Gasteiger partial charge in [0.2, 0.25) is 0 Å². The van der Waals surface area contributed by atoms with Crippen molar-refractivity contribution in [3.05, 3.63) is 29.8 Å². The van der Waals surface area contributed by atoms with Gasteiger partial charge < -0.3 is 10.6 Å². The summed E-state index contributed by atoms with van der Waals surface area (Å²) in [6.07, 6.45) is 0. The van der Waals surface area contributed by atoms with Crippen LogP contribution in [0.1, 0.15) is 17.3 Å². The minimum Gasteiger partial charge on any atom is -0.399 e. The van der Waals surface area contributed by atoms with E-state index in [1.165, 1.54) is 0 Å². The third-order valence-electron chi connectivity index (χ3n) is 3.49. The highest BCUT2D eigenvalue weighted by Gasteiger charge is 2.18. The van der Waals surface area contributed by atoms with Gasteiger partial charge in [-0.05, 0) is 18.7 Å². The minimum atomic E-state index is 0.159. The largest absolute Gasteiger partial charge is 0.399 e. The highest BCUT2D eigenvalue weighted by Crippen LogP contribution is 2.09. The summed E-state index contributed by atoms with van der Waals surface area (Å²) in [6.45, 7) is 7.83. The number of carbonyl (C=O) groups excluding carboxylic acids is 1. The number of nitrogens with two attached hydrogens (primary N) is 1. The lowest BCUT2D eigenvalue weighted by molar-refractivity contribution is 0.0859. The summed E-state index contributed by atoms with van der Waals surface area (Å²) in [6, 6.07) is 7.22. The van der Waals surface area contributed by atoms with Crippen LogP contribution in [0.15, 0.2) is 24.3 Å². The number of rotatable bonds is 4. The van der Waals surface area contributed by atoms with Gasteiger partial charge in [-0.15, -0.1) is 0 Å². The highest BCUT2D eigenvalue weighted by atomic mass is 16.1. The maximum atomic E-state index is 12.1. The molecule has 0 unspecified atom stereocenters. The first kappa shape index (κ1) is 13.1. The first-order valence-electron chi connectivity index (χ1n) is 6.52. The van der Waals surface area contributed by atoms with E-state index in [0.29, 0.717) is 17.8 Å². The van der Waals surface area contributed by atoms with Gasteiger partial charge >= 0.3 is 0 Å². The summed E-state index contributed by atoms with van der Waals surface area (Å²) in [4.78, 5) is 16.7. The van der Waals surface area contributed by atoms with Crippen molar-refractivity contribution in [2.24, 2.45) is 0 Å². The van der Waals surface area contributed by atoms with E-state index in [-0.39, 0.29) is 5.78 Å². The number of hydrogen-bond donors (Lipinski definition) is 1. The Hall–Kier alpha value is -1.39. The SMILES string of the molecule is CCN1CCN(CC(=O)c2cccc(N)c2)CC1. The molecule has 0 spiro atoms. The number of nitrogen functional groups attached to an aromatic ring is 1. The van der Waals surface area contributed by atoms with Crippen molar-refractivity contribution in [1.29, 1.82) is 0 Å². The molecular formula is C14H21N3O. The van der Waals surface area contributed by atoms with Crippen LogP contribution in [0.2, 0.25) is 0 Å². The Kier molecular flexibility index (Phi) is 4.33. The fourth-order valence-electron chi connectivity index (χ4n) is 2.27. The third-order valence-corrected chi connectivity index (χ3v) is 3.49. The second-order valence-electron chi connectivity index (χ2n) is 4.76. The minimum absolute atomic E-state index is 0.159. The van der Waals surface area contributed by atoms with E-state index < -0.39 is 0 Å². The monoisotopic (exact) mass is 247 g/mol. The molecule has 4 nitrogen and oxygen atoms in total. The zero-order chi connectivity index (χ0) is 13.0. The summed E-state index contributed by atoms with van der Waals surface area (Å²) < 4.78 is 0. The van der Waals surface area contributed by atoms with E-state index >= 15 is 0 Å². The topological polar surface area (TPSA) is 49.6 Å². The van der Waals surface area contributed by atoms with Crippen LogP contribution in [0.25, 0.3) is 0 Å². The van der Waals surface area contributed by atoms with Crippen LogP contribution in [-0.2, 0) is 0 Å². The molecule has 0 radical (unpaired) electrons. The summed E-state index contributed by atoms with van der Waals surface area (Å²) in [5.74, 6) is 0.159. The Labute approximate surface area is 108 Å². The number of hydrogen-bond acceptors (Lipinski definition) is 4. The molecule has 2 rings (SSSR count). The second kappa shape index (κ2) is 5.98. The van der Waals surface area contributed by atoms with Crippen LogP contribution in [0.5, 0.6) is 0 Å². The van der Waals surface area contributed by atoms with Crippen LogP contribution in [0.3, 0.4) is 0 Å². The molecule has 98 valence electrons. The summed E-state index contributed by atoms with van der Waals surface area (Å²) in [5.41, 5.74) is 7.06. The molecule has 1 aromatic rings. The van der Waals surface area contributed by atoms with Gasteiger partial charge in [0.1, 0.15) is 0 Å². The van der Waals surface area contributed by atoms with Crippen molar-refractivity contribution in [2.75, 3.05) is 45.0 Å². The quantitative estimate of drug-likeness (QED) is 0.639. The lowest BCUT2D eigenvalue weighted by Gasteiger charge is -2.33. The maximum Gasteiger partial charge on any atom is 0.176 e. The zero-order valence-corrected chi connectivity index (χ0v) is 10.9. The van der Waals surface area contributed by atoms with Crippen LogP contribution in [0, 0.1) is 0 Å². The van der Waals surface area contributed by atoms with Crippen LogP contribution in [-0.4, -0.2) is 54.9 Å². The van der Waals surface area contributed by atoms with Crippen molar-refractivity contribution in [2.45, 2.75) is 6.92 Å². The number of piperazine rings is 1. The molecule has 1 aromatic carbocycles. The van der Waals surface area contributed by atoms with E-state index in [1.54, 1.807) is 12.1 Å². The van der Waals surface area contributed by atoms with E-state index in [4.69, 9.17) is 5.73 Å². The molecule has 2 N–H and O–H groups in total. The number of nitrogens with zero attached hydrogens (tertiary/aromatic N) is 2. The molecule has 1 saturated heterocycles.